The third-order valence-corrected chi connectivity index (χ3v) is 4.37. The summed E-state index contributed by atoms with van der Waals surface area (Å²) in [7, 11) is 0. The Morgan fingerprint density at radius 1 is 1.29 bits per heavy atom. The molecule has 0 aliphatic carbocycles. The van der Waals surface area contributed by atoms with Crippen molar-refractivity contribution in [2.24, 2.45) is 0 Å². The second-order valence-electron chi connectivity index (χ2n) is 2.69. The van der Waals surface area contributed by atoms with Crippen LogP contribution in [0, 0.1) is 5.82 Å². The predicted octanol–water partition coefficient (Wildman–Crippen LogP) is 3.11. The van der Waals surface area contributed by atoms with E-state index in [0.717, 1.165) is 5.56 Å². The van der Waals surface area contributed by atoms with Gasteiger partial charge in [0.1, 0.15) is 10.6 Å². The summed E-state index contributed by atoms with van der Waals surface area (Å²) in [6.45, 7) is 0. The van der Waals surface area contributed by atoms with E-state index < -0.39 is 10.8 Å². The molecule has 5 heteroatoms. The van der Waals surface area contributed by atoms with Crippen LogP contribution in [0.4, 0.5) is 4.39 Å². The van der Waals surface area contributed by atoms with E-state index >= 15 is 0 Å². The largest absolute Gasteiger partial charge is 0.480 e. The Balaban J connectivity index is 2.84. The highest BCUT2D eigenvalue weighted by atomic mass is 79.9. The Morgan fingerprint density at radius 2 is 1.79 bits per heavy atom. The summed E-state index contributed by atoms with van der Waals surface area (Å²) < 4.78 is 12.6. The van der Waals surface area contributed by atoms with Crippen molar-refractivity contribution in [3.63, 3.8) is 0 Å². The van der Waals surface area contributed by atoms with Crippen molar-refractivity contribution in [3.8, 4) is 0 Å². The minimum atomic E-state index is -0.962. The third kappa shape index (κ3) is 2.78. The van der Waals surface area contributed by atoms with Crippen LogP contribution in [0.2, 0.25) is 0 Å². The molecular formula is C9H7Br2FO2. The van der Waals surface area contributed by atoms with E-state index in [9.17, 15) is 9.18 Å². The van der Waals surface area contributed by atoms with Gasteiger partial charge in [-0.3, -0.25) is 4.79 Å². The molecule has 76 valence electrons. The van der Waals surface area contributed by atoms with Crippen molar-refractivity contribution in [3.05, 3.63) is 35.6 Å². The van der Waals surface area contributed by atoms with Crippen molar-refractivity contribution in [1.29, 1.82) is 0 Å². The first-order valence-corrected chi connectivity index (χ1v) is 5.62. The van der Waals surface area contributed by atoms with E-state index in [0.29, 0.717) is 0 Å². The molecule has 0 aliphatic heterocycles. The molecule has 0 aromatic heterocycles. The average Bonchev–Trinajstić information content (AvgIpc) is 2.16. The number of benzene rings is 1. The van der Waals surface area contributed by atoms with Crippen LogP contribution in [0.1, 0.15) is 10.4 Å². The number of alkyl halides is 2. The van der Waals surface area contributed by atoms with Crippen molar-refractivity contribution in [2.45, 2.75) is 9.65 Å². The van der Waals surface area contributed by atoms with E-state index in [1.807, 2.05) is 0 Å². The molecule has 0 spiro atoms. The van der Waals surface area contributed by atoms with Crippen molar-refractivity contribution >= 4 is 37.8 Å². The van der Waals surface area contributed by atoms with Crippen molar-refractivity contribution < 1.29 is 14.3 Å². The molecule has 0 fully saturated rings. The number of carbonyl (C=O) groups is 1. The van der Waals surface area contributed by atoms with Crippen LogP contribution in [0.15, 0.2) is 24.3 Å². The Bertz CT molecular complexity index is 326. The molecule has 0 aliphatic rings. The van der Waals surface area contributed by atoms with Gasteiger partial charge in [0.25, 0.3) is 0 Å². The van der Waals surface area contributed by atoms with Gasteiger partial charge in [0.15, 0.2) is 0 Å². The van der Waals surface area contributed by atoms with E-state index in [1.165, 1.54) is 12.1 Å². The lowest BCUT2D eigenvalue weighted by Crippen LogP contribution is -2.17. The van der Waals surface area contributed by atoms with Gasteiger partial charge in [-0.15, -0.1) is 0 Å². The summed E-state index contributed by atoms with van der Waals surface area (Å²) in [6, 6.07) is 5.69. The van der Waals surface area contributed by atoms with Gasteiger partial charge in [-0.2, -0.15) is 0 Å². The van der Waals surface area contributed by atoms with Gasteiger partial charge in [-0.25, -0.2) is 4.39 Å². The van der Waals surface area contributed by atoms with Gasteiger partial charge < -0.3 is 5.11 Å². The van der Waals surface area contributed by atoms with Crippen LogP contribution in [0.5, 0.6) is 0 Å². The molecule has 0 saturated heterocycles. The van der Waals surface area contributed by atoms with Crippen LogP contribution >= 0.6 is 31.9 Å². The van der Waals surface area contributed by atoms with Crippen LogP contribution in [0.25, 0.3) is 0 Å². The maximum atomic E-state index is 12.6. The number of aliphatic carboxylic acids is 1. The first-order chi connectivity index (χ1) is 6.52. The van der Waals surface area contributed by atoms with E-state index in [-0.39, 0.29) is 10.6 Å². The standard InChI is InChI=1S/C9H7Br2FO2/c10-7(8(11)9(13)14)5-1-3-6(12)4-2-5/h1-4,7-8H,(H,13,14)/t7-,8-/m1/s1. The van der Waals surface area contributed by atoms with Crippen LogP contribution < -0.4 is 0 Å². The highest BCUT2D eigenvalue weighted by Crippen LogP contribution is 2.31. The summed E-state index contributed by atoms with van der Waals surface area (Å²) in [4.78, 5) is 9.53. The Labute approximate surface area is 97.4 Å². The molecule has 1 N–H and O–H groups in total. The molecule has 0 saturated carbocycles. The first-order valence-electron chi connectivity index (χ1n) is 3.79. The Hall–Kier alpha value is -0.420. The zero-order valence-electron chi connectivity index (χ0n) is 6.95. The number of carboxylic acids is 1. The molecule has 0 unspecified atom stereocenters. The normalized spacial score (nSPS) is 14.8. The fourth-order valence-corrected chi connectivity index (χ4v) is 1.78. The fraction of sp³-hybridized carbons (Fsp3) is 0.222. The molecule has 0 heterocycles. The Kier molecular flexibility index (Phi) is 4.07. The maximum Gasteiger partial charge on any atom is 0.318 e. The summed E-state index contributed by atoms with van der Waals surface area (Å²) in [5, 5.41) is 8.72. The minimum Gasteiger partial charge on any atom is -0.480 e. The summed E-state index contributed by atoms with van der Waals surface area (Å²) >= 11 is 6.25. The van der Waals surface area contributed by atoms with Gasteiger partial charge in [-0.05, 0) is 17.7 Å². The van der Waals surface area contributed by atoms with Gasteiger partial charge in [0.2, 0.25) is 0 Å². The molecule has 2 nitrogen and oxygen atoms in total. The predicted molar refractivity (Wildman–Crippen MR) is 58.4 cm³/mol. The van der Waals surface area contributed by atoms with Crippen molar-refractivity contribution in [1.82, 2.24) is 0 Å². The highest BCUT2D eigenvalue weighted by molar-refractivity contribution is 9.12. The van der Waals surface area contributed by atoms with Gasteiger partial charge in [-0.1, -0.05) is 44.0 Å². The zero-order valence-corrected chi connectivity index (χ0v) is 10.1. The van der Waals surface area contributed by atoms with E-state index in [4.69, 9.17) is 5.11 Å². The Morgan fingerprint density at radius 3 is 2.21 bits per heavy atom. The molecule has 1 aromatic carbocycles. The summed E-state index contributed by atoms with van der Waals surface area (Å²) in [5.41, 5.74) is 0.718. The first kappa shape index (κ1) is 11.7. The molecule has 14 heavy (non-hydrogen) atoms. The smallest absolute Gasteiger partial charge is 0.318 e. The molecule has 0 radical (unpaired) electrons. The van der Waals surface area contributed by atoms with Crippen molar-refractivity contribution in [2.75, 3.05) is 0 Å². The maximum absolute atomic E-state index is 12.6. The quantitative estimate of drug-likeness (QED) is 0.867. The average molecular weight is 326 g/mol. The highest BCUT2D eigenvalue weighted by Gasteiger charge is 2.24. The minimum absolute atomic E-state index is 0.338. The second-order valence-corrected chi connectivity index (χ2v) is 4.67. The van der Waals surface area contributed by atoms with Gasteiger partial charge >= 0.3 is 5.97 Å². The lowest BCUT2D eigenvalue weighted by atomic mass is 10.1. The fourth-order valence-electron chi connectivity index (χ4n) is 0.941. The molecular weight excluding hydrogens is 319 g/mol. The third-order valence-electron chi connectivity index (χ3n) is 1.68. The van der Waals surface area contributed by atoms with Crippen LogP contribution in [0.3, 0.4) is 0 Å². The number of rotatable bonds is 3. The van der Waals surface area contributed by atoms with Crippen LogP contribution in [-0.2, 0) is 4.79 Å². The number of hydrogen-bond acceptors (Lipinski definition) is 1. The summed E-state index contributed by atoms with van der Waals surface area (Å²) in [5.74, 6) is -1.30. The topological polar surface area (TPSA) is 37.3 Å². The molecule has 1 aromatic rings. The monoisotopic (exact) mass is 324 g/mol. The molecule has 0 bridgehead atoms. The zero-order chi connectivity index (χ0) is 10.7. The number of halogens is 3. The number of hydrogen-bond donors (Lipinski definition) is 1. The second kappa shape index (κ2) is 4.89. The van der Waals surface area contributed by atoms with E-state index in [1.54, 1.807) is 12.1 Å². The molecule has 1 rings (SSSR count). The summed E-state index contributed by atoms with van der Waals surface area (Å²) in [6.07, 6.45) is 0. The van der Waals surface area contributed by atoms with Gasteiger partial charge in [0, 0.05) is 0 Å². The van der Waals surface area contributed by atoms with Gasteiger partial charge in [0.05, 0.1) is 4.83 Å². The molecule has 0 amide bonds. The lowest BCUT2D eigenvalue weighted by Gasteiger charge is -2.12. The van der Waals surface area contributed by atoms with E-state index in [2.05, 4.69) is 31.9 Å². The molecule has 2 atom stereocenters. The van der Waals surface area contributed by atoms with Crippen LogP contribution in [-0.4, -0.2) is 15.9 Å². The number of carboxylic acid groups (broad SMARTS) is 1. The SMILES string of the molecule is O=C(O)[C@H](Br)[C@H](Br)c1ccc(F)cc1. The lowest BCUT2D eigenvalue weighted by molar-refractivity contribution is -0.136.